The highest BCUT2D eigenvalue weighted by atomic mass is 32.2. The molecule has 2 aromatic rings. The van der Waals surface area contributed by atoms with Crippen molar-refractivity contribution in [2.45, 2.75) is 24.6 Å². The summed E-state index contributed by atoms with van der Waals surface area (Å²) in [4.78, 5) is 47.3. The summed E-state index contributed by atoms with van der Waals surface area (Å²) >= 11 is 2.17. The molecule has 2 aliphatic rings. The Morgan fingerprint density at radius 3 is 2.97 bits per heavy atom. The molecule has 2 aromatic heterocycles. The minimum absolute atomic E-state index is 0.0538. The molecule has 0 bridgehead atoms. The van der Waals surface area contributed by atoms with Gasteiger partial charge in [0.15, 0.2) is 24.1 Å². The third kappa shape index (κ3) is 5.07. The Hall–Kier alpha value is -3.82. The Kier molecular flexibility index (Phi) is 7.61. The number of pyridine rings is 1. The molecule has 1 saturated heterocycles. The number of carbonyl (C=O) groups is 3. The maximum Gasteiger partial charge on any atom is 0.278 e. The first-order valence-corrected chi connectivity index (χ1v) is 12.3. The van der Waals surface area contributed by atoms with Crippen molar-refractivity contribution in [1.29, 1.82) is 0 Å². The Morgan fingerprint density at radius 2 is 2.31 bits per heavy atom. The lowest BCUT2D eigenvalue weighted by atomic mass is 10.0. The van der Waals surface area contributed by atoms with Crippen LogP contribution in [0.5, 0.6) is 0 Å². The first kappa shape index (κ1) is 25.3. The summed E-state index contributed by atoms with van der Waals surface area (Å²) in [7, 11) is 1.24. The lowest BCUT2D eigenvalue weighted by Crippen LogP contribution is -2.71. The summed E-state index contributed by atoms with van der Waals surface area (Å²) in [6, 6.07) is 2.59. The smallest absolute Gasteiger partial charge is 0.278 e. The van der Waals surface area contributed by atoms with Crippen molar-refractivity contribution < 1.29 is 34.0 Å². The van der Waals surface area contributed by atoms with Gasteiger partial charge in [0, 0.05) is 28.9 Å². The highest BCUT2D eigenvalue weighted by molar-refractivity contribution is 8.00. The molecule has 15 heteroatoms. The van der Waals surface area contributed by atoms with Crippen LogP contribution in [0.15, 0.2) is 53.1 Å². The zero-order valence-electron chi connectivity index (χ0n) is 18.9. The summed E-state index contributed by atoms with van der Waals surface area (Å²) in [5.41, 5.74) is 6.22. The monoisotopic (exact) mass is 531 g/mol. The second kappa shape index (κ2) is 10.8. The first-order chi connectivity index (χ1) is 17.3. The lowest BCUT2D eigenvalue weighted by molar-refractivity contribution is -0.687. The number of nitrogen functional groups attached to an aromatic ring is 1. The number of fused-ring (bicyclic) bond motifs is 1. The van der Waals surface area contributed by atoms with Gasteiger partial charge in [0.05, 0.1) is 18.3 Å². The number of hydrogen-bond donors (Lipinski definition) is 3. The van der Waals surface area contributed by atoms with Crippen LogP contribution in [-0.4, -0.2) is 67.1 Å². The molecule has 0 aliphatic carbocycles. The molecular weight excluding hydrogens is 510 g/mol. The number of nitrogens with one attached hydrogen (secondary N) is 1. The predicted molar refractivity (Wildman–Crippen MR) is 127 cm³/mol. The van der Waals surface area contributed by atoms with Gasteiger partial charge in [-0.25, -0.2) is 4.57 Å². The normalized spacial score (nSPS) is 19.8. The lowest BCUT2D eigenvalue weighted by Gasteiger charge is -2.50. The summed E-state index contributed by atoms with van der Waals surface area (Å²) in [5.74, 6) is -2.62. The molecule has 4 heterocycles. The number of aliphatic carboxylic acids is 1. The number of carbonyl (C=O) groups excluding carboxylic acids is 3. The van der Waals surface area contributed by atoms with Gasteiger partial charge >= 0.3 is 0 Å². The number of nitrogens with zero attached hydrogens (tertiary/aromatic N) is 5. The van der Waals surface area contributed by atoms with Gasteiger partial charge in [0.2, 0.25) is 11.5 Å². The summed E-state index contributed by atoms with van der Waals surface area (Å²) < 4.78 is 5.75. The first-order valence-electron chi connectivity index (χ1n) is 10.5. The Morgan fingerprint density at radius 1 is 1.50 bits per heavy atom. The van der Waals surface area contributed by atoms with Crippen LogP contribution in [0.2, 0.25) is 0 Å². The number of aliphatic hydroxyl groups is 1. The fourth-order valence-corrected chi connectivity index (χ4v) is 5.43. The van der Waals surface area contributed by atoms with Gasteiger partial charge in [0.25, 0.3) is 11.8 Å². The maximum absolute atomic E-state index is 12.9. The van der Waals surface area contributed by atoms with E-state index in [0.29, 0.717) is 12.1 Å². The molecule has 4 rings (SSSR count). The molecule has 2 atom stereocenters. The molecule has 0 spiro atoms. The molecule has 1 unspecified atom stereocenters. The Balaban J connectivity index is 1.48. The van der Waals surface area contributed by atoms with Crippen LogP contribution in [0.4, 0.5) is 5.13 Å². The highest BCUT2D eigenvalue weighted by Gasteiger charge is 2.53. The zero-order chi connectivity index (χ0) is 25.8. The molecule has 0 aromatic carbocycles. The molecule has 1 fully saturated rings. The van der Waals surface area contributed by atoms with E-state index in [1.807, 2.05) is 10.8 Å². The van der Waals surface area contributed by atoms with Crippen LogP contribution in [0.25, 0.3) is 0 Å². The second-order valence-corrected chi connectivity index (χ2v) is 9.46. The van der Waals surface area contributed by atoms with Crippen molar-refractivity contribution in [3.05, 3.63) is 59.3 Å². The number of aliphatic hydroxyl groups excluding tert-OH is 1. The van der Waals surface area contributed by atoms with Crippen molar-refractivity contribution in [3.63, 3.8) is 0 Å². The van der Waals surface area contributed by atoms with Gasteiger partial charge in [-0.05, 0) is 17.7 Å². The van der Waals surface area contributed by atoms with Gasteiger partial charge in [0.1, 0.15) is 18.5 Å². The molecule has 188 valence electrons. The van der Waals surface area contributed by atoms with E-state index in [0.717, 1.165) is 22.0 Å². The quantitative estimate of drug-likeness (QED) is 0.140. The Labute approximate surface area is 213 Å². The van der Waals surface area contributed by atoms with Crippen LogP contribution < -0.4 is 20.7 Å². The number of carboxylic acid groups (broad SMARTS) is 1. The summed E-state index contributed by atoms with van der Waals surface area (Å²) in [5, 5.41) is 26.9. The van der Waals surface area contributed by atoms with Crippen LogP contribution >= 0.6 is 23.3 Å². The van der Waals surface area contributed by atoms with Gasteiger partial charge in [-0.2, -0.15) is 9.36 Å². The standard InChI is InChI=1S/C21H21N7O6S2/c1-34-25-13(16-24-21(22)36-26-16)17(30)23-14-18(31)28-15(20(32)33)12(10-35-19(14)28)5-3-7-27-6-2-4-11(8-27)9-29/h2-6,8,14,19,29H,7,9-10H2,1H3,(H3-,22,23,24,26,30,32,33)/b5-3+,25-13-/t14?,19-/m1/s1. The van der Waals surface area contributed by atoms with Crippen LogP contribution in [0.1, 0.15) is 11.4 Å². The third-order valence-electron chi connectivity index (χ3n) is 5.27. The van der Waals surface area contributed by atoms with E-state index in [-0.39, 0.29) is 34.7 Å². The average molecular weight is 532 g/mol. The average Bonchev–Trinajstić information content (AvgIpc) is 3.30. The molecular formula is C21H21N7O6S2. The fourth-order valence-electron chi connectivity index (χ4n) is 3.68. The fraction of sp³-hybridized carbons (Fsp3) is 0.286. The molecule has 0 saturated carbocycles. The van der Waals surface area contributed by atoms with Crippen molar-refractivity contribution in [2.75, 3.05) is 18.6 Å². The van der Waals surface area contributed by atoms with Crippen molar-refractivity contribution >= 4 is 51.9 Å². The number of thioether (sulfide) groups is 1. The number of allylic oxidation sites excluding steroid dienone is 2. The number of anilines is 1. The summed E-state index contributed by atoms with van der Waals surface area (Å²) in [6.07, 6.45) is 6.97. The Bertz CT molecular complexity index is 1290. The zero-order valence-corrected chi connectivity index (χ0v) is 20.5. The van der Waals surface area contributed by atoms with Gasteiger partial charge in [-0.1, -0.05) is 11.2 Å². The van der Waals surface area contributed by atoms with E-state index in [1.165, 1.54) is 18.9 Å². The van der Waals surface area contributed by atoms with Gasteiger partial charge in [-0.15, -0.1) is 11.8 Å². The van der Waals surface area contributed by atoms with Crippen molar-refractivity contribution in [3.8, 4) is 0 Å². The molecule has 13 nitrogen and oxygen atoms in total. The number of hydrogen-bond acceptors (Lipinski definition) is 12. The van der Waals surface area contributed by atoms with E-state index in [2.05, 4.69) is 19.8 Å². The van der Waals surface area contributed by atoms with Crippen molar-refractivity contribution in [2.24, 2.45) is 5.16 Å². The topological polar surface area (TPSA) is 187 Å². The highest BCUT2D eigenvalue weighted by Crippen LogP contribution is 2.40. The minimum atomic E-state index is -1.49. The number of aromatic nitrogens is 3. The van der Waals surface area contributed by atoms with E-state index < -0.39 is 29.2 Å². The van der Waals surface area contributed by atoms with Crippen LogP contribution in [0, 0.1) is 0 Å². The number of amides is 2. The third-order valence-corrected chi connectivity index (χ3v) is 7.11. The molecule has 0 radical (unpaired) electrons. The molecule has 36 heavy (non-hydrogen) atoms. The molecule has 4 N–H and O–H groups in total. The van der Waals surface area contributed by atoms with Gasteiger partial charge in [-0.3, -0.25) is 14.5 Å². The van der Waals surface area contributed by atoms with Crippen molar-refractivity contribution in [1.82, 2.24) is 19.6 Å². The number of oxime groups is 1. The van der Waals surface area contributed by atoms with E-state index in [4.69, 9.17) is 10.6 Å². The van der Waals surface area contributed by atoms with Gasteiger partial charge < -0.3 is 30.9 Å². The minimum Gasteiger partial charge on any atom is -0.543 e. The SMILES string of the molecule is CO/N=C(\C(=O)NC1C(=O)N2C(C(=O)[O-])=C(/C=C/C[n+]3cccc(CO)c3)CS[C@H]12)c1nsc(N)n1. The number of rotatable bonds is 9. The number of nitrogens with two attached hydrogens (primary N) is 1. The number of β-lactam (4-membered cyclic amide) rings is 1. The second-order valence-electron chi connectivity index (χ2n) is 7.57. The molecule has 2 amide bonds. The maximum atomic E-state index is 12.9. The van der Waals surface area contributed by atoms with E-state index in [9.17, 15) is 24.6 Å². The molecule has 2 aliphatic heterocycles. The number of carboxylic acids is 1. The summed E-state index contributed by atoms with van der Waals surface area (Å²) in [6.45, 7) is 0.333. The largest absolute Gasteiger partial charge is 0.543 e. The predicted octanol–water partition coefficient (Wildman–Crippen LogP) is -2.09. The van der Waals surface area contributed by atoms with E-state index >= 15 is 0 Å². The van der Waals surface area contributed by atoms with Crippen LogP contribution in [-0.2, 0) is 32.4 Å². The van der Waals surface area contributed by atoms with Crippen LogP contribution in [0.3, 0.4) is 0 Å². The van der Waals surface area contributed by atoms with E-state index in [1.54, 1.807) is 30.5 Å².